The lowest BCUT2D eigenvalue weighted by Crippen LogP contribution is -2.39. The Kier molecular flexibility index (Phi) is 7.63. The summed E-state index contributed by atoms with van der Waals surface area (Å²) in [6, 6.07) is 0.457. The lowest BCUT2D eigenvalue weighted by atomic mass is 9.86. The molecule has 4 heteroatoms. The Bertz CT molecular complexity index is 310. The molecule has 4 nitrogen and oxygen atoms in total. The van der Waals surface area contributed by atoms with Gasteiger partial charge in [-0.15, -0.1) is 0 Å². The molecule has 0 bridgehead atoms. The minimum absolute atomic E-state index is 0.0207. The number of hydrogen-bond donors (Lipinski definition) is 1. The first kappa shape index (κ1) is 17.0. The molecule has 1 N–H and O–H groups in total. The van der Waals surface area contributed by atoms with Gasteiger partial charge >= 0.3 is 0 Å². The van der Waals surface area contributed by atoms with Crippen molar-refractivity contribution in [3.8, 4) is 0 Å². The van der Waals surface area contributed by atoms with Crippen LogP contribution in [0.3, 0.4) is 0 Å². The second-order valence-corrected chi connectivity index (χ2v) is 6.21. The molecule has 116 valence electrons. The van der Waals surface area contributed by atoms with E-state index >= 15 is 0 Å². The summed E-state index contributed by atoms with van der Waals surface area (Å²) in [7, 11) is 1.96. The Morgan fingerprint density at radius 1 is 1.10 bits per heavy atom. The Morgan fingerprint density at radius 2 is 1.75 bits per heavy atom. The zero-order valence-corrected chi connectivity index (χ0v) is 13.3. The molecule has 0 saturated heterocycles. The van der Waals surface area contributed by atoms with E-state index < -0.39 is 0 Å². The average Bonchev–Trinajstić information content (AvgIpc) is 2.42. The number of carbonyl (C=O) groups excluding carboxylic acids is 2. The first-order valence-electron chi connectivity index (χ1n) is 8.00. The van der Waals surface area contributed by atoms with Crippen LogP contribution in [0, 0.1) is 5.92 Å². The van der Waals surface area contributed by atoms with Crippen LogP contribution in [0.1, 0.15) is 65.2 Å². The first-order chi connectivity index (χ1) is 9.50. The smallest absolute Gasteiger partial charge is 0.222 e. The second kappa shape index (κ2) is 8.98. The van der Waals surface area contributed by atoms with Gasteiger partial charge in [-0.2, -0.15) is 0 Å². The van der Waals surface area contributed by atoms with Crippen LogP contribution in [0.2, 0.25) is 0 Å². The van der Waals surface area contributed by atoms with Crippen LogP contribution in [0.25, 0.3) is 0 Å². The lowest BCUT2D eigenvalue weighted by Gasteiger charge is -2.33. The third kappa shape index (κ3) is 6.40. The van der Waals surface area contributed by atoms with Crippen LogP contribution in [-0.4, -0.2) is 36.3 Å². The molecule has 20 heavy (non-hydrogen) atoms. The summed E-state index contributed by atoms with van der Waals surface area (Å²) >= 11 is 0. The number of amides is 2. The molecule has 2 amide bonds. The molecule has 1 aliphatic carbocycles. The molecule has 0 aromatic carbocycles. The van der Waals surface area contributed by atoms with Gasteiger partial charge in [-0.25, -0.2) is 0 Å². The highest BCUT2D eigenvalue weighted by Crippen LogP contribution is 2.26. The van der Waals surface area contributed by atoms with E-state index in [2.05, 4.69) is 12.2 Å². The summed E-state index contributed by atoms with van der Waals surface area (Å²) in [5, 5.41) is 2.78. The van der Waals surface area contributed by atoms with E-state index in [1.165, 1.54) is 19.8 Å². The van der Waals surface area contributed by atoms with Crippen molar-refractivity contribution in [3.05, 3.63) is 0 Å². The molecule has 0 radical (unpaired) electrons. The van der Waals surface area contributed by atoms with Crippen molar-refractivity contribution in [2.24, 2.45) is 5.92 Å². The Hall–Kier alpha value is -1.06. The van der Waals surface area contributed by atoms with Gasteiger partial charge in [-0.05, 0) is 44.4 Å². The number of unbranched alkanes of at least 4 members (excludes halogenated alkanes) is 2. The van der Waals surface area contributed by atoms with Gasteiger partial charge in [0.05, 0.1) is 0 Å². The SMILES string of the molecule is CC(=O)NCCCCCC(=O)N(C)C1CCC(C)CC1. The molecule has 0 unspecified atom stereocenters. The van der Waals surface area contributed by atoms with E-state index in [1.54, 1.807) is 0 Å². The van der Waals surface area contributed by atoms with Crippen molar-refractivity contribution in [2.75, 3.05) is 13.6 Å². The molecule has 0 aromatic rings. The van der Waals surface area contributed by atoms with Gasteiger partial charge in [0.1, 0.15) is 0 Å². The molecule has 0 aromatic heterocycles. The molecule has 1 rings (SSSR count). The van der Waals surface area contributed by atoms with Crippen molar-refractivity contribution in [2.45, 2.75) is 71.3 Å². The van der Waals surface area contributed by atoms with Crippen molar-refractivity contribution < 1.29 is 9.59 Å². The van der Waals surface area contributed by atoms with E-state index in [4.69, 9.17) is 0 Å². The minimum Gasteiger partial charge on any atom is -0.356 e. The Labute approximate surface area is 123 Å². The van der Waals surface area contributed by atoms with Crippen molar-refractivity contribution >= 4 is 11.8 Å². The zero-order valence-electron chi connectivity index (χ0n) is 13.3. The summed E-state index contributed by atoms with van der Waals surface area (Å²) in [5.41, 5.74) is 0. The molecule has 0 heterocycles. The van der Waals surface area contributed by atoms with E-state index in [0.717, 1.165) is 44.6 Å². The topological polar surface area (TPSA) is 49.4 Å². The number of nitrogens with zero attached hydrogens (tertiary/aromatic N) is 1. The molecule has 1 fully saturated rings. The monoisotopic (exact) mass is 282 g/mol. The largest absolute Gasteiger partial charge is 0.356 e. The average molecular weight is 282 g/mol. The van der Waals surface area contributed by atoms with Crippen LogP contribution in [0.4, 0.5) is 0 Å². The highest BCUT2D eigenvalue weighted by atomic mass is 16.2. The Balaban J connectivity index is 2.11. The van der Waals surface area contributed by atoms with Gasteiger partial charge in [-0.1, -0.05) is 13.3 Å². The summed E-state index contributed by atoms with van der Waals surface area (Å²) < 4.78 is 0. The summed E-state index contributed by atoms with van der Waals surface area (Å²) in [6.07, 6.45) is 8.34. The summed E-state index contributed by atoms with van der Waals surface area (Å²) in [4.78, 5) is 24.8. The maximum absolute atomic E-state index is 12.1. The molecular formula is C16H30N2O2. The Morgan fingerprint density at radius 3 is 2.35 bits per heavy atom. The molecule has 0 aliphatic heterocycles. The third-order valence-electron chi connectivity index (χ3n) is 4.37. The maximum Gasteiger partial charge on any atom is 0.222 e. The highest BCUT2D eigenvalue weighted by molar-refractivity contribution is 5.76. The second-order valence-electron chi connectivity index (χ2n) is 6.21. The van der Waals surface area contributed by atoms with Crippen molar-refractivity contribution in [3.63, 3.8) is 0 Å². The predicted octanol–water partition coefficient (Wildman–Crippen LogP) is 2.72. The highest BCUT2D eigenvalue weighted by Gasteiger charge is 2.24. The number of hydrogen-bond acceptors (Lipinski definition) is 2. The maximum atomic E-state index is 12.1. The minimum atomic E-state index is 0.0207. The fourth-order valence-corrected chi connectivity index (χ4v) is 2.85. The fraction of sp³-hybridized carbons (Fsp3) is 0.875. The zero-order chi connectivity index (χ0) is 15.0. The normalized spacial score (nSPS) is 22.4. The van der Waals surface area contributed by atoms with E-state index in [1.807, 2.05) is 11.9 Å². The molecule has 0 spiro atoms. The third-order valence-corrected chi connectivity index (χ3v) is 4.37. The van der Waals surface area contributed by atoms with Crippen LogP contribution in [0.15, 0.2) is 0 Å². The molecule has 0 atom stereocenters. The number of nitrogens with one attached hydrogen (secondary N) is 1. The standard InChI is InChI=1S/C16H30N2O2/c1-13-8-10-15(11-9-13)18(3)16(20)7-5-4-6-12-17-14(2)19/h13,15H,4-12H2,1-3H3,(H,17,19). The molecule has 1 saturated carbocycles. The van der Waals surface area contributed by atoms with E-state index in [0.29, 0.717) is 12.5 Å². The quantitative estimate of drug-likeness (QED) is 0.730. The van der Waals surface area contributed by atoms with Gasteiger partial charge in [0.25, 0.3) is 0 Å². The van der Waals surface area contributed by atoms with Gasteiger partial charge in [0.2, 0.25) is 11.8 Å². The van der Waals surface area contributed by atoms with Crippen LogP contribution >= 0.6 is 0 Å². The van der Waals surface area contributed by atoms with Crippen molar-refractivity contribution in [1.29, 1.82) is 0 Å². The van der Waals surface area contributed by atoms with Crippen molar-refractivity contribution in [1.82, 2.24) is 10.2 Å². The molecular weight excluding hydrogens is 252 g/mol. The first-order valence-corrected chi connectivity index (χ1v) is 8.00. The summed E-state index contributed by atoms with van der Waals surface area (Å²) in [6.45, 7) is 4.55. The van der Waals surface area contributed by atoms with E-state index in [9.17, 15) is 9.59 Å². The number of rotatable bonds is 7. The lowest BCUT2D eigenvalue weighted by molar-refractivity contribution is -0.132. The van der Waals surface area contributed by atoms with Crippen LogP contribution < -0.4 is 5.32 Å². The van der Waals surface area contributed by atoms with Crippen LogP contribution in [0.5, 0.6) is 0 Å². The van der Waals surface area contributed by atoms with Gasteiger partial charge in [0, 0.05) is 33.0 Å². The predicted molar refractivity (Wildman–Crippen MR) is 81.3 cm³/mol. The van der Waals surface area contributed by atoms with Gasteiger partial charge < -0.3 is 10.2 Å². The van der Waals surface area contributed by atoms with Gasteiger partial charge in [-0.3, -0.25) is 9.59 Å². The molecule has 1 aliphatic rings. The van der Waals surface area contributed by atoms with E-state index in [-0.39, 0.29) is 11.8 Å². The summed E-state index contributed by atoms with van der Waals surface area (Å²) in [5.74, 6) is 1.12. The number of carbonyl (C=O) groups is 2. The fourth-order valence-electron chi connectivity index (χ4n) is 2.85. The van der Waals surface area contributed by atoms with Crippen LogP contribution in [-0.2, 0) is 9.59 Å². The van der Waals surface area contributed by atoms with Gasteiger partial charge in [0.15, 0.2) is 0 Å².